The quantitative estimate of drug-likeness (QED) is 0.805. The molecule has 0 fully saturated rings. The monoisotopic (exact) mass is 375 g/mol. The second-order valence-corrected chi connectivity index (χ2v) is 7.74. The van der Waals surface area contributed by atoms with Crippen LogP contribution < -0.4 is 9.64 Å². The third kappa shape index (κ3) is 3.77. The van der Waals surface area contributed by atoms with E-state index in [4.69, 9.17) is 4.74 Å². The number of carbonyl (C=O) groups excluding carboxylic acids is 1. The summed E-state index contributed by atoms with van der Waals surface area (Å²) >= 11 is 0. The summed E-state index contributed by atoms with van der Waals surface area (Å²) in [5.74, 6) is -0.651. The number of amides is 1. The zero-order chi connectivity index (χ0) is 18.7. The lowest BCUT2D eigenvalue weighted by Gasteiger charge is -2.28. The van der Waals surface area contributed by atoms with E-state index in [9.17, 15) is 17.6 Å². The molecule has 1 aliphatic heterocycles. The fourth-order valence-electron chi connectivity index (χ4n) is 2.84. The van der Waals surface area contributed by atoms with Crippen molar-refractivity contribution in [1.82, 2.24) is 0 Å². The molecule has 0 aromatic heterocycles. The molecule has 3 rings (SSSR count). The summed E-state index contributed by atoms with van der Waals surface area (Å²) in [6.45, 7) is 2.20. The second kappa shape index (κ2) is 7.29. The largest absolute Gasteiger partial charge is 0.493 e. The standard InChI is InChI=1S/C19H18FNO4S/c1-2-25-18-6-4-3-5-17(18)19(22)21(15-9-7-14(20)8-10-15)16-11-12-26(23,24)13-16/h3-12,16H,2,13H2,1H3/t16-/m1/s1. The minimum absolute atomic E-state index is 0.215. The van der Waals surface area contributed by atoms with Gasteiger partial charge in [-0.05, 0) is 49.4 Å². The van der Waals surface area contributed by atoms with E-state index < -0.39 is 27.6 Å². The first-order chi connectivity index (χ1) is 12.4. The Balaban J connectivity index is 2.05. The lowest BCUT2D eigenvalue weighted by Crippen LogP contribution is -2.41. The van der Waals surface area contributed by atoms with Crippen LogP contribution in [0.15, 0.2) is 60.0 Å². The van der Waals surface area contributed by atoms with Crippen LogP contribution in [0.5, 0.6) is 5.75 Å². The Bertz CT molecular complexity index is 938. The van der Waals surface area contributed by atoms with Crippen LogP contribution in [0.3, 0.4) is 0 Å². The summed E-state index contributed by atoms with van der Waals surface area (Å²) in [5, 5.41) is 1.11. The maximum Gasteiger partial charge on any atom is 0.262 e. The van der Waals surface area contributed by atoms with Crippen LogP contribution in [0.25, 0.3) is 0 Å². The molecule has 0 spiro atoms. The third-order valence-electron chi connectivity index (χ3n) is 3.98. The van der Waals surface area contributed by atoms with Crippen LogP contribution in [0.2, 0.25) is 0 Å². The van der Waals surface area contributed by atoms with Crippen LogP contribution in [0.4, 0.5) is 10.1 Å². The molecule has 0 N–H and O–H groups in total. The number of ether oxygens (including phenoxy) is 1. The van der Waals surface area contributed by atoms with E-state index in [0.29, 0.717) is 23.6 Å². The predicted molar refractivity (Wildman–Crippen MR) is 97.5 cm³/mol. The average molecular weight is 375 g/mol. The first kappa shape index (κ1) is 18.1. The van der Waals surface area contributed by atoms with Crippen LogP contribution in [0.1, 0.15) is 17.3 Å². The number of benzene rings is 2. The van der Waals surface area contributed by atoms with Gasteiger partial charge in [-0.1, -0.05) is 12.1 Å². The van der Waals surface area contributed by atoms with Gasteiger partial charge in [0, 0.05) is 11.1 Å². The van der Waals surface area contributed by atoms with E-state index in [2.05, 4.69) is 0 Å². The summed E-state index contributed by atoms with van der Waals surface area (Å²) < 4.78 is 42.5. The van der Waals surface area contributed by atoms with E-state index in [1.165, 1.54) is 35.2 Å². The molecule has 26 heavy (non-hydrogen) atoms. The van der Waals surface area contributed by atoms with Crippen molar-refractivity contribution in [2.24, 2.45) is 0 Å². The molecule has 136 valence electrons. The molecule has 0 saturated heterocycles. The minimum Gasteiger partial charge on any atom is -0.493 e. The zero-order valence-electron chi connectivity index (χ0n) is 14.1. The number of para-hydroxylation sites is 1. The molecule has 0 radical (unpaired) electrons. The topological polar surface area (TPSA) is 63.7 Å². The highest BCUT2D eigenvalue weighted by Crippen LogP contribution is 2.28. The van der Waals surface area contributed by atoms with E-state index in [0.717, 1.165) is 5.41 Å². The molecule has 2 aromatic rings. The van der Waals surface area contributed by atoms with E-state index in [1.54, 1.807) is 24.3 Å². The lowest BCUT2D eigenvalue weighted by molar-refractivity contribution is 0.0979. The number of anilines is 1. The normalized spacial score (nSPS) is 17.8. The van der Waals surface area contributed by atoms with Crippen LogP contribution >= 0.6 is 0 Å². The molecule has 5 nitrogen and oxygen atoms in total. The molecule has 0 aliphatic carbocycles. The summed E-state index contributed by atoms with van der Waals surface area (Å²) in [6, 6.07) is 11.5. The average Bonchev–Trinajstić information content (AvgIpc) is 2.97. The van der Waals surface area contributed by atoms with Gasteiger partial charge >= 0.3 is 0 Å². The maximum atomic E-state index is 13.3. The SMILES string of the molecule is CCOc1ccccc1C(=O)N(c1ccc(F)cc1)[C@@H]1C=CS(=O)(=O)C1. The number of rotatable bonds is 5. The van der Waals surface area contributed by atoms with Crippen molar-refractivity contribution in [2.45, 2.75) is 13.0 Å². The van der Waals surface area contributed by atoms with Crippen molar-refractivity contribution in [3.05, 3.63) is 71.4 Å². The van der Waals surface area contributed by atoms with Gasteiger partial charge in [0.2, 0.25) is 0 Å². The Hall–Kier alpha value is -2.67. The van der Waals surface area contributed by atoms with Crippen LogP contribution in [-0.4, -0.2) is 32.7 Å². The van der Waals surface area contributed by atoms with Crippen LogP contribution in [-0.2, 0) is 9.84 Å². The minimum atomic E-state index is -3.37. The van der Waals surface area contributed by atoms with Crippen molar-refractivity contribution in [1.29, 1.82) is 0 Å². The smallest absolute Gasteiger partial charge is 0.262 e. The molecule has 1 aliphatic rings. The van der Waals surface area contributed by atoms with E-state index in [-0.39, 0.29) is 5.75 Å². The molecule has 2 aromatic carbocycles. The van der Waals surface area contributed by atoms with Crippen molar-refractivity contribution in [2.75, 3.05) is 17.3 Å². The first-order valence-corrected chi connectivity index (χ1v) is 9.85. The third-order valence-corrected chi connectivity index (χ3v) is 5.36. The number of nitrogens with zero attached hydrogens (tertiary/aromatic N) is 1. The molecular weight excluding hydrogens is 357 g/mol. The first-order valence-electron chi connectivity index (χ1n) is 8.13. The summed E-state index contributed by atoms with van der Waals surface area (Å²) in [5.41, 5.74) is 0.728. The Labute approximate surface area is 151 Å². The molecule has 1 amide bonds. The van der Waals surface area contributed by atoms with Crippen molar-refractivity contribution in [3.63, 3.8) is 0 Å². The van der Waals surface area contributed by atoms with Gasteiger partial charge < -0.3 is 9.64 Å². The fraction of sp³-hybridized carbons (Fsp3) is 0.211. The Morgan fingerprint density at radius 3 is 2.50 bits per heavy atom. The highest BCUT2D eigenvalue weighted by atomic mass is 32.2. The van der Waals surface area contributed by atoms with Gasteiger partial charge in [0.05, 0.1) is 24.0 Å². The molecule has 0 saturated carbocycles. The molecule has 1 atom stereocenters. The second-order valence-electron chi connectivity index (χ2n) is 5.81. The molecule has 1 heterocycles. The van der Waals surface area contributed by atoms with E-state index >= 15 is 0 Å². The molecule has 7 heteroatoms. The summed E-state index contributed by atoms with van der Waals surface area (Å²) in [7, 11) is -3.37. The maximum absolute atomic E-state index is 13.3. The van der Waals surface area contributed by atoms with Crippen molar-refractivity contribution in [3.8, 4) is 5.75 Å². The fourth-order valence-corrected chi connectivity index (χ4v) is 4.10. The number of sulfone groups is 1. The Morgan fingerprint density at radius 1 is 1.19 bits per heavy atom. The van der Waals surface area contributed by atoms with Crippen LogP contribution in [0, 0.1) is 5.82 Å². The van der Waals surface area contributed by atoms with Gasteiger partial charge in [-0.25, -0.2) is 12.8 Å². The summed E-state index contributed by atoms with van der Waals surface area (Å²) in [4.78, 5) is 14.6. The number of carbonyl (C=O) groups is 1. The summed E-state index contributed by atoms with van der Waals surface area (Å²) in [6.07, 6.45) is 1.47. The van der Waals surface area contributed by atoms with E-state index in [1.807, 2.05) is 6.92 Å². The van der Waals surface area contributed by atoms with Gasteiger partial charge in [-0.3, -0.25) is 4.79 Å². The van der Waals surface area contributed by atoms with Gasteiger partial charge in [0.25, 0.3) is 5.91 Å². The number of hydrogen-bond acceptors (Lipinski definition) is 4. The number of halogens is 1. The highest BCUT2D eigenvalue weighted by molar-refractivity contribution is 7.94. The molecular formula is C19H18FNO4S. The van der Waals surface area contributed by atoms with Gasteiger partial charge in [-0.15, -0.1) is 0 Å². The highest BCUT2D eigenvalue weighted by Gasteiger charge is 2.33. The Kier molecular flexibility index (Phi) is 5.08. The molecule has 0 bridgehead atoms. The van der Waals surface area contributed by atoms with Crippen molar-refractivity contribution >= 4 is 21.4 Å². The predicted octanol–water partition coefficient (Wildman–Crippen LogP) is 3.18. The Morgan fingerprint density at radius 2 is 1.88 bits per heavy atom. The number of hydrogen-bond donors (Lipinski definition) is 0. The lowest BCUT2D eigenvalue weighted by atomic mass is 10.1. The van der Waals surface area contributed by atoms with Gasteiger partial charge in [-0.2, -0.15) is 0 Å². The van der Waals surface area contributed by atoms with Gasteiger partial charge in [0.15, 0.2) is 9.84 Å². The van der Waals surface area contributed by atoms with Crippen molar-refractivity contribution < 1.29 is 22.3 Å². The van der Waals surface area contributed by atoms with Gasteiger partial charge in [0.1, 0.15) is 11.6 Å². The molecule has 0 unspecified atom stereocenters. The zero-order valence-corrected chi connectivity index (χ0v) is 14.9.